The van der Waals surface area contributed by atoms with Crippen molar-refractivity contribution in [2.24, 2.45) is 0 Å². The molecule has 0 heterocycles. The smallest absolute Gasteiger partial charge is 0.00521 e. The highest BCUT2D eigenvalue weighted by atomic mass is 14.3. The molecule has 1 aliphatic rings. The Labute approximate surface area is 140 Å². The number of benzene rings is 2. The molecule has 0 amide bonds. The minimum Gasteiger partial charge on any atom is -0.0651 e. The zero-order chi connectivity index (χ0) is 16.1. The Kier molecular flexibility index (Phi) is 5.12. The first-order valence-corrected chi connectivity index (χ1v) is 8.90. The molecule has 0 aliphatic heterocycles. The zero-order valence-electron chi connectivity index (χ0n) is 14.3. The second-order valence-corrected chi connectivity index (χ2v) is 6.34. The van der Waals surface area contributed by atoms with Crippen LogP contribution in [-0.4, -0.2) is 0 Å². The maximum atomic E-state index is 2.29. The van der Waals surface area contributed by atoms with Crippen molar-refractivity contribution < 1.29 is 0 Å². The van der Waals surface area contributed by atoms with Gasteiger partial charge >= 0.3 is 0 Å². The van der Waals surface area contributed by atoms with Crippen molar-refractivity contribution in [1.82, 2.24) is 0 Å². The summed E-state index contributed by atoms with van der Waals surface area (Å²) in [6.07, 6.45) is 6.12. The molecule has 0 saturated carbocycles. The van der Waals surface area contributed by atoms with E-state index >= 15 is 0 Å². The summed E-state index contributed by atoms with van der Waals surface area (Å²) in [5.41, 5.74) is 9.03. The van der Waals surface area contributed by atoms with Gasteiger partial charge in [-0.15, -0.1) is 0 Å². The Morgan fingerprint density at radius 1 is 0.739 bits per heavy atom. The van der Waals surface area contributed by atoms with Gasteiger partial charge in [-0.25, -0.2) is 0 Å². The van der Waals surface area contributed by atoms with Gasteiger partial charge in [-0.2, -0.15) is 0 Å². The summed E-state index contributed by atoms with van der Waals surface area (Å²) in [6, 6.07) is 21.8. The van der Waals surface area contributed by atoms with Crippen LogP contribution in [0.2, 0.25) is 0 Å². The molecule has 118 valence electrons. The summed E-state index contributed by atoms with van der Waals surface area (Å²) in [6.45, 7) is 4.57. The van der Waals surface area contributed by atoms with Crippen LogP contribution < -0.4 is 0 Å². The fourth-order valence-corrected chi connectivity index (χ4v) is 3.62. The summed E-state index contributed by atoms with van der Waals surface area (Å²) in [5.74, 6) is 0. The molecule has 1 aliphatic carbocycles. The van der Waals surface area contributed by atoms with E-state index in [0.29, 0.717) is 0 Å². The van der Waals surface area contributed by atoms with E-state index in [0.717, 1.165) is 0 Å². The first kappa shape index (κ1) is 15.8. The normalized spacial score (nSPS) is 13.9. The second-order valence-electron chi connectivity index (χ2n) is 6.34. The van der Waals surface area contributed by atoms with Crippen LogP contribution in [0.3, 0.4) is 0 Å². The Balaban J connectivity index is 2.13. The third-order valence-electron chi connectivity index (χ3n) is 4.66. The lowest BCUT2D eigenvalue weighted by atomic mass is 9.73. The van der Waals surface area contributed by atoms with Gasteiger partial charge in [0.1, 0.15) is 0 Å². The third kappa shape index (κ3) is 3.32. The highest BCUT2D eigenvalue weighted by molar-refractivity contribution is 5.86. The fourth-order valence-electron chi connectivity index (χ4n) is 3.62. The molecule has 2 aromatic carbocycles. The van der Waals surface area contributed by atoms with Crippen molar-refractivity contribution >= 4 is 5.57 Å². The first-order chi connectivity index (χ1) is 11.3. The van der Waals surface area contributed by atoms with Crippen molar-refractivity contribution in [2.75, 3.05) is 0 Å². The number of allylic oxidation sites excluding steroid dienone is 3. The summed E-state index contributed by atoms with van der Waals surface area (Å²) in [4.78, 5) is 0. The highest BCUT2D eigenvalue weighted by Crippen LogP contribution is 2.45. The largest absolute Gasteiger partial charge is 0.0651 e. The molecular weight excluding hydrogens is 276 g/mol. The molecule has 0 N–H and O–H groups in total. The third-order valence-corrected chi connectivity index (χ3v) is 4.66. The molecule has 0 bridgehead atoms. The van der Waals surface area contributed by atoms with Crippen molar-refractivity contribution in [2.45, 2.75) is 46.0 Å². The van der Waals surface area contributed by atoms with E-state index in [-0.39, 0.29) is 0 Å². The van der Waals surface area contributed by atoms with E-state index < -0.39 is 0 Å². The van der Waals surface area contributed by atoms with E-state index in [9.17, 15) is 0 Å². The highest BCUT2D eigenvalue weighted by Gasteiger charge is 2.26. The van der Waals surface area contributed by atoms with Crippen LogP contribution in [0.1, 0.15) is 57.1 Å². The molecule has 3 rings (SSSR count). The Bertz CT molecular complexity index is 661. The fraction of sp³-hybridized carbons (Fsp3) is 0.304. The SMILES string of the molecule is CCCC1=C(CCC)C(=C(c2ccccc2)c2ccccc2)C1. The van der Waals surface area contributed by atoms with Crippen molar-refractivity contribution in [3.63, 3.8) is 0 Å². The lowest BCUT2D eigenvalue weighted by Gasteiger charge is -2.31. The maximum Gasteiger partial charge on any atom is -0.00521 e. The predicted molar refractivity (Wildman–Crippen MR) is 100 cm³/mol. The quantitative estimate of drug-likeness (QED) is 0.551. The summed E-state index contributed by atoms with van der Waals surface area (Å²) < 4.78 is 0. The average Bonchev–Trinajstić information content (AvgIpc) is 2.60. The van der Waals surface area contributed by atoms with Gasteiger partial charge in [0.05, 0.1) is 0 Å². The van der Waals surface area contributed by atoms with Gasteiger partial charge in [0, 0.05) is 0 Å². The van der Waals surface area contributed by atoms with Crippen LogP contribution in [0.25, 0.3) is 5.57 Å². The van der Waals surface area contributed by atoms with Crippen LogP contribution in [0.5, 0.6) is 0 Å². The van der Waals surface area contributed by atoms with Crippen molar-refractivity contribution in [3.8, 4) is 0 Å². The molecule has 0 saturated heterocycles. The van der Waals surface area contributed by atoms with Crippen LogP contribution >= 0.6 is 0 Å². The van der Waals surface area contributed by atoms with E-state index in [4.69, 9.17) is 0 Å². The van der Waals surface area contributed by atoms with E-state index in [1.165, 1.54) is 48.8 Å². The Morgan fingerprint density at radius 3 is 1.74 bits per heavy atom. The summed E-state index contributed by atoms with van der Waals surface area (Å²) in [5, 5.41) is 0. The minimum atomic E-state index is 1.17. The lowest BCUT2D eigenvalue weighted by Crippen LogP contribution is -2.12. The number of rotatable bonds is 6. The standard InChI is InChI=1S/C23H26/c1-3-11-20-17-22(21(20)12-4-2)23(18-13-7-5-8-14-18)19-15-9-6-10-16-19/h5-10,13-16H,3-4,11-12,17H2,1-2H3. The van der Waals surface area contributed by atoms with E-state index in [2.05, 4.69) is 74.5 Å². The first-order valence-electron chi connectivity index (χ1n) is 8.90. The summed E-state index contributed by atoms with van der Waals surface area (Å²) >= 11 is 0. The molecule has 0 aromatic heterocycles. The van der Waals surface area contributed by atoms with Gasteiger partial charge in [-0.1, -0.05) is 92.9 Å². The molecule has 0 nitrogen and oxygen atoms in total. The summed E-state index contributed by atoms with van der Waals surface area (Å²) in [7, 11) is 0. The van der Waals surface area contributed by atoms with Crippen molar-refractivity contribution in [3.05, 3.63) is 88.5 Å². The van der Waals surface area contributed by atoms with E-state index in [1.807, 2.05) is 0 Å². The van der Waals surface area contributed by atoms with Gasteiger partial charge in [-0.3, -0.25) is 0 Å². The van der Waals surface area contributed by atoms with Gasteiger partial charge < -0.3 is 0 Å². The minimum absolute atomic E-state index is 1.17. The van der Waals surface area contributed by atoms with Crippen LogP contribution in [0.15, 0.2) is 77.4 Å². The zero-order valence-corrected chi connectivity index (χ0v) is 14.3. The molecule has 0 fully saturated rings. The molecule has 0 atom stereocenters. The van der Waals surface area contributed by atoms with Crippen molar-refractivity contribution in [1.29, 1.82) is 0 Å². The van der Waals surface area contributed by atoms with Crippen LogP contribution in [-0.2, 0) is 0 Å². The van der Waals surface area contributed by atoms with Gasteiger partial charge in [0.15, 0.2) is 0 Å². The Morgan fingerprint density at radius 2 is 1.26 bits per heavy atom. The van der Waals surface area contributed by atoms with E-state index in [1.54, 1.807) is 16.7 Å². The Hall–Kier alpha value is -2.08. The predicted octanol–water partition coefficient (Wildman–Crippen LogP) is 6.79. The van der Waals surface area contributed by atoms with Gasteiger partial charge in [-0.05, 0) is 47.1 Å². The second kappa shape index (κ2) is 7.46. The van der Waals surface area contributed by atoms with Crippen LogP contribution in [0.4, 0.5) is 0 Å². The molecule has 0 heteroatoms. The van der Waals surface area contributed by atoms with Crippen LogP contribution in [0, 0.1) is 0 Å². The van der Waals surface area contributed by atoms with Gasteiger partial charge in [0.2, 0.25) is 0 Å². The number of hydrogen-bond donors (Lipinski definition) is 0. The maximum absolute atomic E-state index is 2.29. The van der Waals surface area contributed by atoms with Gasteiger partial charge in [0.25, 0.3) is 0 Å². The monoisotopic (exact) mass is 302 g/mol. The average molecular weight is 302 g/mol. The molecule has 0 unspecified atom stereocenters. The topological polar surface area (TPSA) is 0 Å². The number of hydrogen-bond acceptors (Lipinski definition) is 0. The molecule has 23 heavy (non-hydrogen) atoms. The molecular formula is C23H26. The molecule has 0 radical (unpaired) electrons. The molecule has 0 spiro atoms. The molecule has 2 aromatic rings. The lowest BCUT2D eigenvalue weighted by molar-refractivity contribution is 0.762.